The Bertz CT molecular complexity index is 848. The minimum absolute atomic E-state index is 0.00978. The lowest BCUT2D eigenvalue weighted by molar-refractivity contribution is 0.249. The third kappa shape index (κ3) is 2.98. The van der Waals surface area contributed by atoms with Gasteiger partial charge in [0.2, 0.25) is 0 Å². The number of anilines is 2. The lowest BCUT2D eigenvalue weighted by Gasteiger charge is -2.31. The summed E-state index contributed by atoms with van der Waals surface area (Å²) in [4.78, 5) is 12.2. The highest BCUT2D eigenvalue weighted by Crippen LogP contribution is 2.51. The van der Waals surface area contributed by atoms with E-state index in [4.69, 9.17) is 9.97 Å². The Morgan fingerprint density at radius 2 is 1.93 bits per heavy atom. The molecule has 1 saturated carbocycles. The van der Waals surface area contributed by atoms with E-state index in [1.54, 1.807) is 0 Å². The van der Waals surface area contributed by atoms with Gasteiger partial charge in [0.25, 0.3) is 0 Å². The molecule has 2 heterocycles. The van der Waals surface area contributed by atoms with E-state index in [1.165, 1.54) is 30.4 Å². The lowest BCUT2D eigenvalue weighted by Crippen LogP contribution is -2.31. The topological polar surface area (TPSA) is 61.3 Å². The number of nitrogens with one attached hydrogen (secondary N) is 1. The van der Waals surface area contributed by atoms with E-state index in [9.17, 15) is 5.11 Å². The number of hydrogen-bond donors (Lipinski definition) is 2. The summed E-state index contributed by atoms with van der Waals surface area (Å²) in [7, 11) is 0. The van der Waals surface area contributed by atoms with E-state index >= 15 is 0 Å². The molecule has 0 amide bonds. The molecule has 5 rings (SSSR count). The van der Waals surface area contributed by atoms with Gasteiger partial charge in [-0.1, -0.05) is 38.1 Å². The van der Waals surface area contributed by atoms with Crippen LogP contribution in [-0.2, 0) is 0 Å². The molecule has 2 aliphatic carbocycles. The fraction of sp³-hybridized carbons (Fsp3) is 0.545. The highest BCUT2D eigenvalue weighted by molar-refractivity contribution is 5.57. The van der Waals surface area contributed by atoms with E-state index in [0.717, 1.165) is 24.0 Å². The number of benzene rings is 1. The van der Waals surface area contributed by atoms with Crippen LogP contribution in [0.1, 0.15) is 67.9 Å². The van der Waals surface area contributed by atoms with Gasteiger partial charge in [-0.2, -0.15) is 0 Å². The zero-order valence-electron chi connectivity index (χ0n) is 16.1. The summed E-state index contributed by atoms with van der Waals surface area (Å²) in [6.07, 6.45) is 3.56. The first kappa shape index (κ1) is 17.0. The van der Waals surface area contributed by atoms with Crippen LogP contribution in [0.3, 0.4) is 0 Å². The molecule has 2 bridgehead atoms. The number of aliphatic hydroxyl groups is 1. The minimum Gasteiger partial charge on any atom is -0.394 e. The average molecular weight is 364 g/mol. The van der Waals surface area contributed by atoms with Crippen LogP contribution in [0.5, 0.6) is 0 Å². The van der Waals surface area contributed by atoms with Gasteiger partial charge < -0.3 is 15.3 Å². The fourth-order valence-electron chi connectivity index (χ4n) is 4.61. The predicted octanol–water partition coefficient (Wildman–Crippen LogP) is 3.83. The van der Waals surface area contributed by atoms with E-state index in [-0.39, 0.29) is 12.6 Å². The Morgan fingerprint density at radius 3 is 2.63 bits per heavy atom. The molecule has 5 nitrogen and oxygen atoms in total. The van der Waals surface area contributed by atoms with Crippen LogP contribution in [0.15, 0.2) is 30.3 Å². The quantitative estimate of drug-likeness (QED) is 0.816. The van der Waals surface area contributed by atoms with Gasteiger partial charge in [-0.25, -0.2) is 9.97 Å². The molecule has 1 aliphatic heterocycles. The Labute approximate surface area is 160 Å². The highest BCUT2D eigenvalue weighted by Gasteiger charge is 2.43. The second-order valence-corrected chi connectivity index (χ2v) is 8.65. The average Bonchev–Trinajstić information content (AvgIpc) is 3.36. The molecule has 2 N–H and O–H groups in total. The zero-order chi connectivity index (χ0) is 18.5. The molecule has 1 aromatic carbocycles. The maximum Gasteiger partial charge on any atom is 0.136 e. The van der Waals surface area contributed by atoms with Gasteiger partial charge >= 0.3 is 0 Å². The molecule has 2 aromatic rings. The summed E-state index contributed by atoms with van der Waals surface area (Å²) in [5, 5.41) is 13.2. The Kier molecular flexibility index (Phi) is 4.08. The van der Waals surface area contributed by atoms with E-state index < -0.39 is 0 Å². The van der Waals surface area contributed by atoms with Crippen molar-refractivity contribution in [2.75, 3.05) is 23.4 Å². The van der Waals surface area contributed by atoms with Crippen molar-refractivity contribution in [1.29, 1.82) is 0 Å². The second kappa shape index (κ2) is 6.48. The van der Waals surface area contributed by atoms with Crippen molar-refractivity contribution in [2.24, 2.45) is 5.92 Å². The maximum atomic E-state index is 9.71. The second-order valence-electron chi connectivity index (χ2n) is 8.65. The summed E-state index contributed by atoms with van der Waals surface area (Å²) >= 11 is 0. The maximum absolute atomic E-state index is 9.71. The number of fused-ring (bicyclic) bond motifs is 5. The van der Waals surface area contributed by atoms with Crippen molar-refractivity contribution in [3.05, 3.63) is 47.3 Å². The van der Waals surface area contributed by atoms with Crippen molar-refractivity contribution in [2.45, 2.75) is 57.0 Å². The van der Waals surface area contributed by atoms with Crippen molar-refractivity contribution in [3.8, 4) is 0 Å². The van der Waals surface area contributed by atoms with Gasteiger partial charge in [0, 0.05) is 24.4 Å². The van der Waals surface area contributed by atoms with Gasteiger partial charge in [-0.3, -0.25) is 0 Å². The number of aliphatic hydroxyl groups excluding tert-OH is 1. The summed E-state index contributed by atoms with van der Waals surface area (Å²) in [5.41, 5.74) is 2.99. The van der Waals surface area contributed by atoms with Crippen LogP contribution >= 0.6 is 0 Å². The van der Waals surface area contributed by atoms with E-state index in [1.807, 2.05) is 0 Å². The van der Waals surface area contributed by atoms with Crippen molar-refractivity contribution in [3.63, 3.8) is 0 Å². The van der Waals surface area contributed by atoms with Crippen LogP contribution < -0.4 is 10.2 Å². The first-order chi connectivity index (χ1) is 13.1. The molecule has 0 radical (unpaired) electrons. The van der Waals surface area contributed by atoms with Gasteiger partial charge in [-0.05, 0) is 36.3 Å². The minimum atomic E-state index is 0.00978. The molecular weight excluding hydrogens is 336 g/mol. The Morgan fingerprint density at radius 1 is 1.15 bits per heavy atom. The molecule has 3 aliphatic rings. The van der Waals surface area contributed by atoms with Crippen LogP contribution in [0.25, 0.3) is 0 Å². The van der Waals surface area contributed by atoms with Gasteiger partial charge in [0.1, 0.15) is 17.5 Å². The zero-order valence-corrected chi connectivity index (χ0v) is 16.1. The smallest absolute Gasteiger partial charge is 0.136 e. The summed E-state index contributed by atoms with van der Waals surface area (Å²) in [6.45, 7) is 5.38. The van der Waals surface area contributed by atoms with Gasteiger partial charge in [-0.15, -0.1) is 0 Å². The van der Waals surface area contributed by atoms with Gasteiger partial charge in [0.15, 0.2) is 0 Å². The van der Waals surface area contributed by atoms with E-state index in [0.29, 0.717) is 23.8 Å². The molecule has 3 atom stereocenters. The first-order valence-corrected chi connectivity index (χ1v) is 10.3. The van der Waals surface area contributed by atoms with Crippen LogP contribution in [0, 0.1) is 5.92 Å². The third-order valence-electron chi connectivity index (χ3n) is 6.40. The monoisotopic (exact) mass is 364 g/mol. The molecule has 1 aromatic heterocycles. The highest BCUT2D eigenvalue weighted by atomic mass is 16.3. The third-order valence-corrected chi connectivity index (χ3v) is 6.40. The molecule has 0 unspecified atom stereocenters. The standard InChI is InChI=1S/C22H28N4O/c1-13(2)18(12-27)23-20-10-21(25-22(24-20)14-7-8-14)26-11-15-9-19(26)17-6-4-3-5-16(15)17/h3-6,10,13-15,18-19,27H,7-9,11-12H2,1-2H3,(H,23,24,25)/t15-,18+,19+/m1/s1. The molecule has 142 valence electrons. The number of rotatable bonds is 6. The SMILES string of the molecule is CC(C)[C@H](CO)Nc1cc(N2C[C@H]3C[C@H]2c2ccccc23)nc(C2CC2)n1. The number of nitrogens with zero attached hydrogens (tertiary/aromatic N) is 3. The van der Waals surface area contributed by atoms with Gasteiger partial charge in [0.05, 0.1) is 18.7 Å². The van der Waals surface area contributed by atoms with Crippen molar-refractivity contribution >= 4 is 11.6 Å². The predicted molar refractivity (Wildman–Crippen MR) is 107 cm³/mol. The van der Waals surface area contributed by atoms with E-state index in [2.05, 4.69) is 54.4 Å². The van der Waals surface area contributed by atoms with Crippen molar-refractivity contribution in [1.82, 2.24) is 9.97 Å². The summed E-state index contributed by atoms with van der Waals surface area (Å²) in [5.74, 6) is 4.31. The Balaban J connectivity index is 1.48. The Hall–Kier alpha value is -2.14. The summed E-state index contributed by atoms with van der Waals surface area (Å²) in [6, 6.07) is 11.4. The molecule has 1 saturated heterocycles. The molecule has 0 spiro atoms. The van der Waals surface area contributed by atoms with Crippen molar-refractivity contribution < 1.29 is 5.11 Å². The van der Waals surface area contributed by atoms with Crippen LogP contribution in [-0.4, -0.2) is 34.3 Å². The fourth-order valence-corrected chi connectivity index (χ4v) is 4.61. The molecular formula is C22H28N4O. The van der Waals surface area contributed by atoms with Crippen LogP contribution in [0.4, 0.5) is 11.6 Å². The van der Waals surface area contributed by atoms with Crippen LogP contribution in [0.2, 0.25) is 0 Å². The molecule has 5 heteroatoms. The normalized spacial score (nSPS) is 24.4. The largest absolute Gasteiger partial charge is 0.394 e. The number of aromatic nitrogens is 2. The molecule has 2 fully saturated rings. The lowest BCUT2D eigenvalue weighted by atomic mass is 9.99. The molecule has 27 heavy (non-hydrogen) atoms. The number of hydrogen-bond acceptors (Lipinski definition) is 5. The summed E-state index contributed by atoms with van der Waals surface area (Å²) < 4.78 is 0. The first-order valence-electron chi connectivity index (χ1n) is 10.3.